The van der Waals surface area contributed by atoms with Gasteiger partial charge in [0.05, 0.1) is 17.7 Å². The van der Waals surface area contributed by atoms with Crippen LogP contribution in [0.15, 0.2) is 10.5 Å². The number of rotatable bonds is 3. The number of hydrogen-bond donors (Lipinski definition) is 1. The molecule has 6 heteroatoms. The van der Waals surface area contributed by atoms with Gasteiger partial charge in [-0.2, -0.15) is 0 Å². The molecule has 1 saturated heterocycles. The molecule has 1 fully saturated rings. The molecule has 0 aliphatic carbocycles. The smallest absolute Gasteiger partial charge is 0.194 e. The molecule has 20 heavy (non-hydrogen) atoms. The molecule has 1 unspecified atom stereocenters. The van der Waals surface area contributed by atoms with Crippen molar-refractivity contribution in [2.75, 3.05) is 19.6 Å². The van der Waals surface area contributed by atoms with Gasteiger partial charge in [-0.25, -0.2) is 9.98 Å². The van der Waals surface area contributed by atoms with Crippen molar-refractivity contribution in [1.82, 2.24) is 15.2 Å². The van der Waals surface area contributed by atoms with Gasteiger partial charge < -0.3 is 10.2 Å². The Kier molecular flexibility index (Phi) is 7.79. The Balaban J connectivity index is 0.00000200. The zero-order chi connectivity index (χ0) is 13.7. The molecule has 0 saturated carbocycles. The van der Waals surface area contributed by atoms with Crippen molar-refractivity contribution >= 4 is 41.3 Å². The summed E-state index contributed by atoms with van der Waals surface area (Å²) in [6.07, 6.45) is 2.61. The van der Waals surface area contributed by atoms with Crippen molar-refractivity contribution < 1.29 is 0 Å². The molecule has 0 aromatic carbocycles. The summed E-state index contributed by atoms with van der Waals surface area (Å²) in [5, 5.41) is 3.41. The second-order valence-corrected chi connectivity index (χ2v) is 6.16. The average molecular weight is 408 g/mol. The predicted octanol–water partition coefficient (Wildman–Crippen LogP) is 3.27. The van der Waals surface area contributed by atoms with Gasteiger partial charge in [0.2, 0.25) is 0 Å². The number of hydrogen-bond acceptors (Lipinski definition) is 3. The van der Waals surface area contributed by atoms with E-state index in [1.165, 1.54) is 17.7 Å². The van der Waals surface area contributed by atoms with Crippen molar-refractivity contribution in [3.05, 3.63) is 16.1 Å². The molecule has 0 bridgehead atoms. The molecule has 1 aromatic rings. The standard InChI is InChI=1S/C14H24N4S.HI/c1-4-15-14(18-7-5-6-11(2)9-18)16-8-13-12(3)17-10-19-13;/h10-11H,4-9H2,1-3H3,(H,15,16);1H. The van der Waals surface area contributed by atoms with Gasteiger partial charge in [0, 0.05) is 24.5 Å². The number of likely N-dealkylation sites (tertiary alicyclic amines) is 1. The van der Waals surface area contributed by atoms with Crippen LogP contribution in [0, 0.1) is 12.8 Å². The molecule has 0 spiro atoms. The maximum absolute atomic E-state index is 4.78. The van der Waals surface area contributed by atoms with E-state index in [1.807, 2.05) is 5.51 Å². The van der Waals surface area contributed by atoms with Crippen molar-refractivity contribution in [3.63, 3.8) is 0 Å². The van der Waals surface area contributed by atoms with E-state index in [0.717, 1.165) is 43.8 Å². The van der Waals surface area contributed by atoms with Crippen LogP contribution in [0.3, 0.4) is 0 Å². The second kappa shape index (κ2) is 8.81. The van der Waals surface area contributed by atoms with Gasteiger partial charge in [-0.05, 0) is 32.6 Å². The number of aromatic nitrogens is 1. The van der Waals surface area contributed by atoms with E-state index in [9.17, 15) is 0 Å². The van der Waals surface area contributed by atoms with Crippen molar-refractivity contribution in [2.24, 2.45) is 10.9 Å². The molecule has 1 aliphatic rings. The maximum Gasteiger partial charge on any atom is 0.194 e. The number of nitrogens with one attached hydrogen (secondary N) is 1. The summed E-state index contributed by atoms with van der Waals surface area (Å²) in [5.41, 5.74) is 3.01. The maximum atomic E-state index is 4.78. The first-order valence-corrected chi connectivity index (χ1v) is 8.01. The van der Waals surface area contributed by atoms with Gasteiger partial charge in [0.1, 0.15) is 0 Å². The summed E-state index contributed by atoms with van der Waals surface area (Å²) in [6, 6.07) is 0. The molecule has 0 radical (unpaired) electrons. The van der Waals surface area contributed by atoms with Crippen LogP contribution < -0.4 is 5.32 Å². The molecule has 2 rings (SSSR count). The topological polar surface area (TPSA) is 40.5 Å². The highest BCUT2D eigenvalue weighted by atomic mass is 127. The average Bonchev–Trinajstić information content (AvgIpc) is 2.80. The van der Waals surface area contributed by atoms with Gasteiger partial charge in [-0.3, -0.25) is 0 Å². The lowest BCUT2D eigenvalue weighted by Gasteiger charge is -2.33. The Morgan fingerprint density at radius 1 is 1.60 bits per heavy atom. The Labute approximate surface area is 143 Å². The summed E-state index contributed by atoms with van der Waals surface area (Å²) < 4.78 is 0. The van der Waals surface area contributed by atoms with Crippen molar-refractivity contribution in [3.8, 4) is 0 Å². The molecule has 1 aliphatic heterocycles. The fraction of sp³-hybridized carbons (Fsp3) is 0.714. The van der Waals surface area contributed by atoms with E-state index in [1.54, 1.807) is 11.3 Å². The fourth-order valence-corrected chi connectivity index (χ4v) is 3.13. The number of aliphatic imine (C=N–C) groups is 1. The number of halogens is 1. The van der Waals surface area contributed by atoms with Crippen LogP contribution in [-0.2, 0) is 6.54 Å². The Hall–Kier alpha value is -0.370. The van der Waals surface area contributed by atoms with E-state index in [2.05, 4.69) is 36.0 Å². The van der Waals surface area contributed by atoms with Crippen LogP contribution >= 0.6 is 35.3 Å². The minimum absolute atomic E-state index is 0. The lowest BCUT2D eigenvalue weighted by atomic mass is 10.0. The minimum atomic E-state index is 0. The quantitative estimate of drug-likeness (QED) is 0.474. The van der Waals surface area contributed by atoms with E-state index >= 15 is 0 Å². The lowest BCUT2D eigenvalue weighted by molar-refractivity contribution is 0.266. The third kappa shape index (κ3) is 4.87. The molecule has 1 aromatic heterocycles. The van der Waals surface area contributed by atoms with Gasteiger partial charge in [-0.15, -0.1) is 35.3 Å². The summed E-state index contributed by atoms with van der Waals surface area (Å²) in [6.45, 7) is 10.4. The molecule has 0 amide bonds. The highest BCUT2D eigenvalue weighted by Gasteiger charge is 2.19. The lowest BCUT2D eigenvalue weighted by Crippen LogP contribution is -2.46. The number of guanidine groups is 1. The Morgan fingerprint density at radius 2 is 2.40 bits per heavy atom. The summed E-state index contributed by atoms with van der Waals surface area (Å²) >= 11 is 1.69. The van der Waals surface area contributed by atoms with Crippen LogP contribution in [0.4, 0.5) is 0 Å². The summed E-state index contributed by atoms with van der Waals surface area (Å²) in [5.74, 6) is 1.82. The minimum Gasteiger partial charge on any atom is -0.357 e. The van der Waals surface area contributed by atoms with Gasteiger partial charge in [0.15, 0.2) is 5.96 Å². The highest BCUT2D eigenvalue weighted by molar-refractivity contribution is 14.0. The van der Waals surface area contributed by atoms with Crippen LogP contribution in [0.25, 0.3) is 0 Å². The zero-order valence-corrected chi connectivity index (χ0v) is 15.7. The van der Waals surface area contributed by atoms with E-state index in [0.29, 0.717) is 0 Å². The van der Waals surface area contributed by atoms with Crippen molar-refractivity contribution in [1.29, 1.82) is 0 Å². The van der Waals surface area contributed by atoms with Crippen LogP contribution in [0.5, 0.6) is 0 Å². The Morgan fingerprint density at radius 3 is 3.00 bits per heavy atom. The van der Waals surface area contributed by atoms with E-state index in [-0.39, 0.29) is 24.0 Å². The first kappa shape index (κ1) is 17.7. The highest BCUT2D eigenvalue weighted by Crippen LogP contribution is 2.17. The molecule has 2 heterocycles. The molecule has 4 nitrogen and oxygen atoms in total. The molecule has 1 N–H and O–H groups in total. The normalized spacial score (nSPS) is 19.6. The van der Waals surface area contributed by atoms with Crippen molar-refractivity contribution in [2.45, 2.75) is 40.2 Å². The second-order valence-electron chi connectivity index (χ2n) is 5.22. The van der Waals surface area contributed by atoms with Gasteiger partial charge in [0.25, 0.3) is 0 Å². The van der Waals surface area contributed by atoms with Gasteiger partial charge >= 0.3 is 0 Å². The fourth-order valence-electron chi connectivity index (χ4n) is 2.43. The summed E-state index contributed by atoms with van der Waals surface area (Å²) in [7, 11) is 0. The first-order valence-electron chi connectivity index (χ1n) is 7.13. The molecular formula is C14H25IN4S. The monoisotopic (exact) mass is 408 g/mol. The van der Waals surface area contributed by atoms with Gasteiger partial charge in [-0.1, -0.05) is 6.92 Å². The SMILES string of the molecule is CCNC(=NCc1scnc1C)N1CCCC(C)C1.I. The third-order valence-electron chi connectivity index (χ3n) is 3.51. The van der Waals surface area contributed by atoms with E-state index in [4.69, 9.17) is 4.99 Å². The molecular weight excluding hydrogens is 383 g/mol. The first-order chi connectivity index (χ1) is 9.20. The zero-order valence-electron chi connectivity index (χ0n) is 12.6. The Bertz CT molecular complexity index is 433. The molecule has 1 atom stereocenters. The van der Waals surface area contributed by atoms with Crippen LogP contribution in [-0.4, -0.2) is 35.5 Å². The number of aryl methyl sites for hydroxylation is 1. The third-order valence-corrected chi connectivity index (χ3v) is 4.43. The number of nitrogens with zero attached hydrogens (tertiary/aromatic N) is 3. The number of thiazole rings is 1. The molecule has 114 valence electrons. The predicted molar refractivity (Wildman–Crippen MR) is 97.1 cm³/mol. The number of piperidine rings is 1. The van der Waals surface area contributed by atoms with Crippen LogP contribution in [0.1, 0.15) is 37.3 Å². The largest absolute Gasteiger partial charge is 0.357 e. The van der Waals surface area contributed by atoms with Crippen LogP contribution in [0.2, 0.25) is 0 Å². The summed E-state index contributed by atoms with van der Waals surface area (Å²) in [4.78, 5) is 12.7. The van der Waals surface area contributed by atoms with E-state index < -0.39 is 0 Å².